The van der Waals surface area contributed by atoms with Gasteiger partial charge in [0.2, 0.25) is 0 Å². The molecule has 3 aliphatic heterocycles. The van der Waals surface area contributed by atoms with Gasteiger partial charge in [0.05, 0.1) is 5.41 Å². The quantitative estimate of drug-likeness (QED) is 0.560. The third kappa shape index (κ3) is 3.70. The van der Waals surface area contributed by atoms with Crippen molar-refractivity contribution in [2.24, 2.45) is 0 Å². The van der Waals surface area contributed by atoms with Gasteiger partial charge in [-0.2, -0.15) is 0 Å². The number of pyridine rings is 1. The zero-order chi connectivity index (χ0) is 26.2. The fraction of sp³-hybridized carbons (Fsp3) is 0.452. The first-order chi connectivity index (χ1) is 18.3. The van der Waals surface area contributed by atoms with Crippen LogP contribution in [0.5, 0.6) is 5.75 Å². The SMILES string of the molecule is CN(C)C1CN(c2cc(N3CC4CCC(C3)N4)c3c(n2)=C(F)C(C)(c2cc(O)cc4ccccc24)CC=3)C1. The third-order valence-corrected chi connectivity index (χ3v) is 9.34. The number of hydrogen-bond acceptors (Lipinski definition) is 6. The summed E-state index contributed by atoms with van der Waals surface area (Å²) in [6.45, 7) is 5.62. The molecule has 6 nitrogen and oxygen atoms in total. The molecule has 3 unspecified atom stereocenters. The molecule has 3 atom stereocenters. The number of aromatic hydroxyl groups is 1. The Labute approximate surface area is 223 Å². The molecule has 3 fully saturated rings. The van der Waals surface area contributed by atoms with Crippen LogP contribution in [-0.4, -0.2) is 73.4 Å². The van der Waals surface area contributed by atoms with E-state index in [-0.39, 0.29) is 11.6 Å². The number of anilines is 2. The van der Waals surface area contributed by atoms with Crippen LogP contribution in [0.15, 0.2) is 42.5 Å². The van der Waals surface area contributed by atoms with E-state index in [2.05, 4.69) is 46.3 Å². The number of likely N-dealkylation sites (N-methyl/N-ethyl adjacent to an activating group) is 1. The monoisotopic (exact) mass is 513 g/mol. The van der Waals surface area contributed by atoms with Crippen LogP contribution in [0.2, 0.25) is 0 Å². The number of piperazine rings is 1. The van der Waals surface area contributed by atoms with Gasteiger partial charge < -0.3 is 25.1 Å². The fourth-order valence-corrected chi connectivity index (χ4v) is 6.92. The normalized spacial score (nSPS) is 27.0. The molecule has 0 saturated carbocycles. The molecule has 2 bridgehead atoms. The van der Waals surface area contributed by atoms with Crippen molar-refractivity contribution in [3.05, 3.63) is 58.6 Å². The standard InChI is InChI=1S/C31H36FN5O/c1-31(26-13-23(38)12-19-6-4-5-7-24(19)26)11-10-25-27(36-15-20-8-9-21(16-36)33-20)14-28(34-29(25)30(31)32)37-17-22(18-37)35(2)3/h4-7,10,12-14,20-22,33,38H,8-9,11,15-18H2,1-3H3. The van der Waals surface area contributed by atoms with Gasteiger partial charge >= 0.3 is 0 Å². The summed E-state index contributed by atoms with van der Waals surface area (Å²) in [4.78, 5) is 12.0. The highest BCUT2D eigenvalue weighted by Crippen LogP contribution is 2.43. The van der Waals surface area contributed by atoms with Gasteiger partial charge in [-0.05, 0) is 68.8 Å². The molecule has 1 aliphatic carbocycles. The molecule has 3 saturated heterocycles. The number of halogens is 1. The third-order valence-electron chi connectivity index (χ3n) is 9.34. The van der Waals surface area contributed by atoms with E-state index in [0.717, 1.165) is 59.2 Å². The predicted molar refractivity (Wildman–Crippen MR) is 152 cm³/mol. The first kappa shape index (κ1) is 23.9. The summed E-state index contributed by atoms with van der Waals surface area (Å²) in [5.74, 6) is 0.806. The van der Waals surface area contributed by atoms with E-state index in [9.17, 15) is 5.11 Å². The number of rotatable bonds is 4. The van der Waals surface area contributed by atoms with Crippen LogP contribution in [0, 0.1) is 0 Å². The van der Waals surface area contributed by atoms with Gasteiger partial charge in [-0.1, -0.05) is 30.3 Å². The number of phenolic OH excluding ortho intramolecular Hbond substituents is 1. The van der Waals surface area contributed by atoms with E-state index in [1.807, 2.05) is 31.2 Å². The Kier molecular flexibility index (Phi) is 5.46. The highest BCUT2D eigenvalue weighted by Gasteiger charge is 2.39. The Hall–Kier alpha value is -3.16. The summed E-state index contributed by atoms with van der Waals surface area (Å²) in [5, 5.41) is 17.5. The van der Waals surface area contributed by atoms with E-state index >= 15 is 4.39 Å². The molecular weight excluding hydrogens is 477 g/mol. The summed E-state index contributed by atoms with van der Waals surface area (Å²) < 4.78 is 16.9. The second-order valence-corrected chi connectivity index (χ2v) is 12.1. The molecule has 4 aliphatic rings. The molecule has 1 aromatic heterocycles. The number of benzene rings is 2. The van der Waals surface area contributed by atoms with Crippen LogP contribution in [0.4, 0.5) is 15.9 Å². The Balaban J connectivity index is 1.40. The number of fused-ring (bicyclic) bond motifs is 4. The molecule has 198 valence electrons. The maximum Gasteiger partial charge on any atom is 0.137 e. The fourth-order valence-electron chi connectivity index (χ4n) is 6.92. The summed E-state index contributed by atoms with van der Waals surface area (Å²) >= 11 is 0. The van der Waals surface area contributed by atoms with Gasteiger partial charge in [-0.15, -0.1) is 0 Å². The first-order valence-corrected chi connectivity index (χ1v) is 13.9. The van der Waals surface area contributed by atoms with Crippen molar-refractivity contribution in [3.8, 4) is 5.75 Å². The Morgan fingerprint density at radius 3 is 2.50 bits per heavy atom. The van der Waals surface area contributed by atoms with E-state index in [0.29, 0.717) is 29.9 Å². The summed E-state index contributed by atoms with van der Waals surface area (Å²) in [7, 11) is 4.22. The van der Waals surface area contributed by atoms with E-state index in [1.54, 1.807) is 12.1 Å². The number of nitrogens with one attached hydrogen (secondary N) is 1. The van der Waals surface area contributed by atoms with Gasteiger partial charge in [0, 0.05) is 61.3 Å². The van der Waals surface area contributed by atoms with Gasteiger partial charge in [-0.3, -0.25) is 0 Å². The van der Waals surface area contributed by atoms with Crippen molar-refractivity contribution in [2.45, 2.75) is 49.7 Å². The molecular formula is C31H36FN5O. The van der Waals surface area contributed by atoms with Crippen LogP contribution in [0.1, 0.15) is 31.7 Å². The lowest BCUT2D eigenvalue weighted by molar-refractivity contribution is 0.246. The van der Waals surface area contributed by atoms with Crippen molar-refractivity contribution in [2.75, 3.05) is 50.1 Å². The smallest absolute Gasteiger partial charge is 0.137 e. The van der Waals surface area contributed by atoms with Crippen molar-refractivity contribution in [1.29, 1.82) is 0 Å². The topological polar surface area (TPSA) is 54.9 Å². The molecule has 3 aromatic rings. The number of aromatic nitrogens is 1. The molecule has 0 spiro atoms. The number of nitrogens with zero attached hydrogens (tertiary/aromatic N) is 4. The van der Waals surface area contributed by atoms with Crippen LogP contribution in [-0.2, 0) is 5.41 Å². The highest BCUT2D eigenvalue weighted by atomic mass is 19.1. The lowest BCUT2D eigenvalue weighted by Gasteiger charge is -2.44. The molecule has 7 rings (SSSR count). The number of hydrogen-bond donors (Lipinski definition) is 2. The molecule has 2 aromatic carbocycles. The maximum atomic E-state index is 16.9. The van der Waals surface area contributed by atoms with Crippen LogP contribution in [0.3, 0.4) is 0 Å². The Morgan fingerprint density at radius 1 is 1.03 bits per heavy atom. The average Bonchev–Trinajstić information content (AvgIpc) is 3.21. The van der Waals surface area contributed by atoms with Gasteiger partial charge in [-0.25, -0.2) is 9.37 Å². The second kappa shape index (κ2) is 8.68. The molecule has 38 heavy (non-hydrogen) atoms. The van der Waals surface area contributed by atoms with Crippen molar-refractivity contribution >= 4 is 34.2 Å². The summed E-state index contributed by atoms with van der Waals surface area (Å²) in [5.41, 5.74) is 0.991. The van der Waals surface area contributed by atoms with Crippen LogP contribution >= 0.6 is 0 Å². The minimum absolute atomic E-state index is 0.160. The Morgan fingerprint density at radius 2 is 1.76 bits per heavy atom. The van der Waals surface area contributed by atoms with Crippen molar-refractivity contribution in [1.82, 2.24) is 15.2 Å². The second-order valence-electron chi connectivity index (χ2n) is 12.1. The largest absolute Gasteiger partial charge is 0.508 e. The Bertz CT molecular complexity index is 1540. The zero-order valence-electron chi connectivity index (χ0n) is 22.4. The lowest BCUT2D eigenvalue weighted by atomic mass is 9.74. The van der Waals surface area contributed by atoms with Crippen molar-refractivity contribution < 1.29 is 9.50 Å². The van der Waals surface area contributed by atoms with Crippen LogP contribution in [0.25, 0.3) is 22.7 Å². The van der Waals surface area contributed by atoms with E-state index < -0.39 is 5.41 Å². The first-order valence-electron chi connectivity index (χ1n) is 13.9. The van der Waals surface area contributed by atoms with Gasteiger partial charge in [0.1, 0.15) is 22.7 Å². The summed E-state index contributed by atoms with van der Waals surface area (Å²) in [6, 6.07) is 15.1. The molecule has 7 heteroatoms. The lowest BCUT2D eigenvalue weighted by Crippen LogP contribution is -2.59. The molecule has 4 heterocycles. The van der Waals surface area contributed by atoms with Gasteiger partial charge in [0.15, 0.2) is 0 Å². The number of phenols is 1. The average molecular weight is 514 g/mol. The minimum atomic E-state index is -0.919. The minimum Gasteiger partial charge on any atom is -0.508 e. The predicted octanol–water partition coefficient (Wildman–Crippen LogP) is 2.85. The van der Waals surface area contributed by atoms with Crippen molar-refractivity contribution in [3.63, 3.8) is 0 Å². The maximum absolute atomic E-state index is 16.9. The van der Waals surface area contributed by atoms with E-state index in [4.69, 9.17) is 4.98 Å². The van der Waals surface area contributed by atoms with E-state index in [1.165, 1.54) is 12.8 Å². The molecule has 2 N–H and O–H groups in total. The zero-order valence-corrected chi connectivity index (χ0v) is 22.4. The highest BCUT2D eigenvalue weighted by molar-refractivity contribution is 5.90. The summed E-state index contributed by atoms with van der Waals surface area (Å²) in [6.07, 6.45) is 5.10. The molecule has 0 radical (unpaired) electrons. The van der Waals surface area contributed by atoms with Gasteiger partial charge in [0.25, 0.3) is 0 Å². The molecule has 0 amide bonds. The van der Waals surface area contributed by atoms with Crippen LogP contribution < -0.4 is 25.7 Å².